The van der Waals surface area contributed by atoms with E-state index < -0.39 is 5.72 Å². The molecule has 4 nitrogen and oxygen atoms in total. The molecule has 114 valence electrons. The van der Waals surface area contributed by atoms with Crippen LogP contribution in [0.1, 0.15) is 40.0 Å². The van der Waals surface area contributed by atoms with E-state index in [2.05, 4.69) is 6.58 Å². The maximum Gasteiger partial charge on any atom is 0.309 e. The third-order valence-corrected chi connectivity index (χ3v) is 3.84. The molecule has 0 spiro atoms. The van der Waals surface area contributed by atoms with Gasteiger partial charge in [-0.1, -0.05) is 25.2 Å². The van der Waals surface area contributed by atoms with Crippen molar-refractivity contribution in [3.05, 3.63) is 24.3 Å². The molecule has 1 unspecified atom stereocenters. The number of likely N-dealkylation sites (tertiary alicyclic amines) is 1. The maximum atomic E-state index is 11.7. The van der Waals surface area contributed by atoms with E-state index in [1.54, 1.807) is 13.0 Å². The fraction of sp³-hybridized carbons (Fsp3) is 0.688. The van der Waals surface area contributed by atoms with E-state index in [0.29, 0.717) is 19.7 Å². The van der Waals surface area contributed by atoms with Gasteiger partial charge in [-0.25, -0.2) is 0 Å². The molecule has 1 aliphatic rings. The Balaban J connectivity index is 2.53. The number of allylic oxidation sites excluding steroid dienone is 2. The number of rotatable bonds is 6. The molecule has 0 aliphatic carbocycles. The zero-order valence-corrected chi connectivity index (χ0v) is 12.9. The van der Waals surface area contributed by atoms with Gasteiger partial charge in [0.2, 0.25) is 0 Å². The van der Waals surface area contributed by atoms with Crippen molar-refractivity contribution in [1.29, 1.82) is 0 Å². The molecule has 1 N–H and O–H groups in total. The fourth-order valence-corrected chi connectivity index (χ4v) is 2.33. The summed E-state index contributed by atoms with van der Waals surface area (Å²) in [5, 5.41) is 10.5. The Morgan fingerprint density at radius 1 is 1.45 bits per heavy atom. The number of piperidine rings is 1. The Bertz CT molecular complexity index is 366. The highest BCUT2D eigenvalue weighted by atomic mass is 16.5. The molecular weight excluding hydrogens is 254 g/mol. The highest BCUT2D eigenvalue weighted by molar-refractivity contribution is 5.72. The van der Waals surface area contributed by atoms with E-state index in [1.165, 1.54) is 0 Å². The van der Waals surface area contributed by atoms with Crippen LogP contribution in [0.2, 0.25) is 0 Å². The van der Waals surface area contributed by atoms with Crippen LogP contribution in [0.15, 0.2) is 24.3 Å². The number of ether oxygens (including phenoxy) is 1. The summed E-state index contributed by atoms with van der Waals surface area (Å²) in [7, 11) is 0. The van der Waals surface area contributed by atoms with Crippen LogP contribution in [0.25, 0.3) is 0 Å². The summed E-state index contributed by atoms with van der Waals surface area (Å²) < 4.78 is 5.05. The Hall–Kier alpha value is -1.13. The summed E-state index contributed by atoms with van der Waals surface area (Å²) in [4.78, 5) is 13.7. The largest absolute Gasteiger partial charge is 0.466 e. The molecular formula is C16H27NO3. The highest BCUT2D eigenvalue weighted by Crippen LogP contribution is 2.25. The molecule has 1 heterocycles. The van der Waals surface area contributed by atoms with Gasteiger partial charge in [-0.15, -0.1) is 0 Å². The Labute approximate surface area is 122 Å². The van der Waals surface area contributed by atoms with Gasteiger partial charge in [-0.2, -0.15) is 0 Å². The van der Waals surface area contributed by atoms with Gasteiger partial charge >= 0.3 is 5.97 Å². The smallest absolute Gasteiger partial charge is 0.309 e. The molecule has 20 heavy (non-hydrogen) atoms. The summed E-state index contributed by atoms with van der Waals surface area (Å²) in [5.74, 6) is -0.140. The average molecular weight is 281 g/mol. The highest BCUT2D eigenvalue weighted by Gasteiger charge is 2.33. The minimum atomic E-state index is -0.988. The number of carbonyl (C=O) groups excluding carboxylic acids is 1. The van der Waals surface area contributed by atoms with E-state index in [1.807, 2.05) is 24.8 Å². The standard InChI is InChI=1S/C16H27NO3/c1-5-13(3)7-10-16(4,19)17-11-8-14(9-12-17)15(18)20-6-2/h7,10,14,19H,3,5-6,8-9,11-12H2,1-2,4H3/b10-7-. The second-order valence-electron chi connectivity index (χ2n) is 5.45. The molecule has 1 saturated heterocycles. The molecule has 4 heteroatoms. The molecule has 1 rings (SSSR count). The van der Waals surface area contributed by atoms with Gasteiger partial charge in [0, 0.05) is 13.1 Å². The lowest BCUT2D eigenvalue weighted by molar-refractivity contribution is -0.151. The predicted octanol–water partition coefficient (Wildman–Crippen LogP) is 2.49. The third kappa shape index (κ3) is 4.76. The molecule has 0 bridgehead atoms. The van der Waals surface area contributed by atoms with Crippen molar-refractivity contribution in [3.63, 3.8) is 0 Å². The lowest BCUT2D eigenvalue weighted by atomic mass is 9.95. The fourth-order valence-electron chi connectivity index (χ4n) is 2.33. The van der Waals surface area contributed by atoms with Crippen LogP contribution in [-0.2, 0) is 9.53 Å². The second-order valence-corrected chi connectivity index (χ2v) is 5.45. The molecule has 1 atom stereocenters. The number of carbonyl (C=O) groups is 1. The summed E-state index contributed by atoms with van der Waals surface area (Å²) >= 11 is 0. The summed E-state index contributed by atoms with van der Waals surface area (Å²) in [5.41, 5.74) is 0.00395. The zero-order valence-electron chi connectivity index (χ0n) is 12.9. The number of aliphatic hydroxyl groups is 1. The van der Waals surface area contributed by atoms with Crippen LogP contribution in [0, 0.1) is 5.92 Å². The lowest BCUT2D eigenvalue weighted by Crippen LogP contribution is -2.49. The van der Waals surface area contributed by atoms with Crippen molar-refractivity contribution in [2.75, 3.05) is 19.7 Å². The van der Waals surface area contributed by atoms with Crippen molar-refractivity contribution in [2.45, 2.75) is 45.8 Å². The van der Waals surface area contributed by atoms with Crippen LogP contribution in [0.3, 0.4) is 0 Å². The van der Waals surface area contributed by atoms with E-state index in [4.69, 9.17) is 4.74 Å². The van der Waals surface area contributed by atoms with Crippen molar-refractivity contribution in [1.82, 2.24) is 4.90 Å². The molecule has 1 fully saturated rings. The van der Waals surface area contributed by atoms with Crippen molar-refractivity contribution in [3.8, 4) is 0 Å². The molecule has 0 radical (unpaired) electrons. The number of nitrogens with zero attached hydrogens (tertiary/aromatic N) is 1. The van der Waals surface area contributed by atoms with Crippen molar-refractivity contribution < 1.29 is 14.6 Å². The Kier molecular flexibility index (Phi) is 6.43. The predicted molar refractivity (Wildman–Crippen MR) is 80.1 cm³/mol. The number of hydrogen-bond acceptors (Lipinski definition) is 4. The van der Waals surface area contributed by atoms with Crippen LogP contribution in [0.5, 0.6) is 0 Å². The minimum absolute atomic E-state index is 0.0309. The van der Waals surface area contributed by atoms with Gasteiger partial charge in [0.25, 0.3) is 0 Å². The van der Waals surface area contributed by atoms with Gasteiger partial charge < -0.3 is 9.84 Å². The summed E-state index contributed by atoms with van der Waals surface area (Å²) in [6, 6.07) is 0. The van der Waals surface area contributed by atoms with E-state index in [-0.39, 0.29) is 11.9 Å². The quantitative estimate of drug-likeness (QED) is 0.600. The third-order valence-electron chi connectivity index (χ3n) is 3.84. The molecule has 0 aromatic heterocycles. The van der Waals surface area contributed by atoms with Crippen molar-refractivity contribution in [2.24, 2.45) is 5.92 Å². The van der Waals surface area contributed by atoms with Crippen LogP contribution in [0.4, 0.5) is 0 Å². The molecule has 0 amide bonds. The van der Waals surface area contributed by atoms with Gasteiger partial charge in [0.15, 0.2) is 0 Å². The first-order chi connectivity index (χ1) is 9.40. The number of esters is 1. The lowest BCUT2D eigenvalue weighted by Gasteiger charge is -2.39. The van der Waals surface area contributed by atoms with E-state index in [9.17, 15) is 9.90 Å². The van der Waals surface area contributed by atoms with Gasteiger partial charge in [-0.05, 0) is 39.2 Å². The monoisotopic (exact) mass is 281 g/mol. The maximum absolute atomic E-state index is 11.7. The van der Waals surface area contributed by atoms with E-state index in [0.717, 1.165) is 24.8 Å². The van der Waals surface area contributed by atoms with E-state index >= 15 is 0 Å². The average Bonchev–Trinajstić information content (AvgIpc) is 2.45. The summed E-state index contributed by atoms with van der Waals surface area (Å²) in [6.45, 7) is 11.3. The SMILES string of the molecule is C=C(/C=C\C(C)(O)N1CCC(C(=O)OCC)CC1)CC. The normalized spacial score (nSPS) is 20.8. The molecule has 0 saturated carbocycles. The second kappa shape index (κ2) is 7.60. The first kappa shape index (κ1) is 16.9. The Morgan fingerprint density at radius 2 is 2.05 bits per heavy atom. The summed E-state index contributed by atoms with van der Waals surface area (Å²) in [6.07, 6.45) is 5.99. The van der Waals surface area contributed by atoms with Gasteiger partial charge in [0.05, 0.1) is 12.5 Å². The van der Waals surface area contributed by atoms with Crippen molar-refractivity contribution >= 4 is 5.97 Å². The Morgan fingerprint density at radius 3 is 2.55 bits per heavy atom. The zero-order chi connectivity index (χ0) is 15.2. The van der Waals surface area contributed by atoms with Gasteiger partial charge in [-0.3, -0.25) is 9.69 Å². The minimum Gasteiger partial charge on any atom is -0.466 e. The first-order valence-electron chi connectivity index (χ1n) is 7.41. The molecule has 0 aromatic carbocycles. The van der Waals surface area contributed by atoms with Crippen LogP contribution >= 0.6 is 0 Å². The topological polar surface area (TPSA) is 49.8 Å². The molecule has 0 aromatic rings. The first-order valence-corrected chi connectivity index (χ1v) is 7.41. The van der Waals surface area contributed by atoms with Gasteiger partial charge in [0.1, 0.15) is 5.72 Å². The number of hydrogen-bond donors (Lipinski definition) is 1. The molecule has 1 aliphatic heterocycles. The van der Waals surface area contributed by atoms with Crippen LogP contribution in [-0.4, -0.2) is 41.4 Å². The van der Waals surface area contributed by atoms with Crippen LogP contribution < -0.4 is 0 Å².